The van der Waals surface area contributed by atoms with Gasteiger partial charge in [-0.15, -0.1) is 11.3 Å². The zero-order valence-corrected chi connectivity index (χ0v) is 16.6. The molecule has 26 heavy (non-hydrogen) atoms. The molecule has 2 aromatic rings. The minimum absolute atomic E-state index is 0.495. The monoisotopic (exact) mass is 372 g/mol. The van der Waals surface area contributed by atoms with Crippen LogP contribution in [0.4, 0.5) is 0 Å². The van der Waals surface area contributed by atoms with Crippen LogP contribution < -0.4 is 4.74 Å². The SMILES string of the molecule is COc1ccc(CN2CCc3sccc3[C@H]2C)cc1CN1CCOCC1. The van der Waals surface area contributed by atoms with Crippen molar-refractivity contribution in [2.75, 3.05) is 40.0 Å². The average molecular weight is 373 g/mol. The van der Waals surface area contributed by atoms with Gasteiger partial charge >= 0.3 is 0 Å². The molecule has 0 N–H and O–H groups in total. The zero-order chi connectivity index (χ0) is 17.9. The van der Waals surface area contributed by atoms with Gasteiger partial charge in [-0.3, -0.25) is 9.80 Å². The lowest BCUT2D eigenvalue weighted by Gasteiger charge is -2.34. The maximum atomic E-state index is 5.62. The van der Waals surface area contributed by atoms with E-state index >= 15 is 0 Å². The molecule has 0 radical (unpaired) electrons. The Hall–Kier alpha value is -1.40. The number of benzene rings is 1. The van der Waals surface area contributed by atoms with Crippen LogP contribution in [0, 0.1) is 0 Å². The fourth-order valence-electron chi connectivity index (χ4n) is 4.07. The molecule has 3 heterocycles. The number of morpholine rings is 1. The van der Waals surface area contributed by atoms with Gasteiger partial charge in [0.2, 0.25) is 0 Å². The van der Waals surface area contributed by atoms with Crippen molar-refractivity contribution in [1.82, 2.24) is 9.80 Å². The van der Waals surface area contributed by atoms with Crippen LogP contribution in [-0.2, 0) is 24.2 Å². The first-order valence-corrected chi connectivity index (χ1v) is 10.4. The lowest BCUT2D eigenvalue weighted by molar-refractivity contribution is 0.0338. The van der Waals surface area contributed by atoms with Gasteiger partial charge in [0, 0.05) is 49.2 Å². The fraction of sp³-hybridized carbons (Fsp3) is 0.524. The van der Waals surface area contributed by atoms with E-state index in [0.717, 1.165) is 51.7 Å². The van der Waals surface area contributed by atoms with Gasteiger partial charge in [-0.1, -0.05) is 6.07 Å². The highest BCUT2D eigenvalue weighted by Gasteiger charge is 2.25. The molecule has 0 unspecified atom stereocenters. The molecule has 0 aliphatic carbocycles. The second-order valence-corrected chi connectivity index (χ2v) is 8.23. The summed E-state index contributed by atoms with van der Waals surface area (Å²) >= 11 is 1.91. The highest BCUT2D eigenvalue weighted by atomic mass is 32.1. The summed E-state index contributed by atoms with van der Waals surface area (Å²) in [6.45, 7) is 9.06. The van der Waals surface area contributed by atoms with E-state index in [2.05, 4.69) is 46.4 Å². The van der Waals surface area contributed by atoms with E-state index in [-0.39, 0.29) is 0 Å². The molecule has 4 nitrogen and oxygen atoms in total. The predicted molar refractivity (Wildman–Crippen MR) is 106 cm³/mol. The van der Waals surface area contributed by atoms with Crippen molar-refractivity contribution in [2.24, 2.45) is 0 Å². The molecule has 0 saturated carbocycles. The molecule has 1 aromatic carbocycles. The Balaban J connectivity index is 1.49. The standard InChI is InChI=1S/C21H28N2O2S/c1-16-19-6-12-26-21(19)5-7-23(16)14-17-3-4-20(24-2)18(13-17)15-22-8-10-25-11-9-22/h3-4,6,12-13,16H,5,7-11,14-15H2,1-2H3/t16-/m1/s1. The second-order valence-electron chi connectivity index (χ2n) is 7.23. The number of hydrogen-bond acceptors (Lipinski definition) is 5. The van der Waals surface area contributed by atoms with Crippen molar-refractivity contribution in [3.63, 3.8) is 0 Å². The molecule has 1 aromatic heterocycles. The molecule has 2 aliphatic rings. The highest BCUT2D eigenvalue weighted by molar-refractivity contribution is 7.10. The van der Waals surface area contributed by atoms with Gasteiger partial charge < -0.3 is 9.47 Å². The van der Waals surface area contributed by atoms with E-state index in [1.165, 1.54) is 23.1 Å². The van der Waals surface area contributed by atoms with Crippen LogP contribution in [0.5, 0.6) is 5.75 Å². The van der Waals surface area contributed by atoms with Crippen molar-refractivity contribution in [2.45, 2.75) is 32.5 Å². The summed E-state index contributed by atoms with van der Waals surface area (Å²) in [5.74, 6) is 0.993. The Kier molecular flexibility index (Phi) is 5.60. The maximum Gasteiger partial charge on any atom is 0.123 e. The zero-order valence-electron chi connectivity index (χ0n) is 15.7. The summed E-state index contributed by atoms with van der Waals surface area (Å²) < 4.78 is 11.1. The second kappa shape index (κ2) is 8.09. The van der Waals surface area contributed by atoms with Crippen LogP contribution in [0.25, 0.3) is 0 Å². The van der Waals surface area contributed by atoms with Gasteiger partial charge in [-0.2, -0.15) is 0 Å². The quantitative estimate of drug-likeness (QED) is 0.799. The summed E-state index contributed by atoms with van der Waals surface area (Å²) in [4.78, 5) is 6.61. The molecular weight excluding hydrogens is 344 g/mol. The molecule has 1 saturated heterocycles. The van der Waals surface area contributed by atoms with Crippen molar-refractivity contribution in [3.8, 4) is 5.75 Å². The number of hydrogen-bond donors (Lipinski definition) is 0. The first kappa shape index (κ1) is 18.0. The summed E-state index contributed by atoms with van der Waals surface area (Å²) in [5, 5.41) is 2.23. The number of ether oxygens (including phenoxy) is 2. The molecule has 1 fully saturated rings. The Morgan fingerprint density at radius 2 is 2.00 bits per heavy atom. The summed E-state index contributed by atoms with van der Waals surface area (Å²) in [5.41, 5.74) is 4.18. The topological polar surface area (TPSA) is 24.9 Å². The first-order chi connectivity index (χ1) is 12.7. The van der Waals surface area contributed by atoms with E-state index in [4.69, 9.17) is 9.47 Å². The van der Waals surface area contributed by atoms with Gasteiger partial charge in [-0.25, -0.2) is 0 Å². The minimum Gasteiger partial charge on any atom is -0.496 e. The molecule has 140 valence electrons. The lowest BCUT2D eigenvalue weighted by Crippen LogP contribution is -2.35. The number of fused-ring (bicyclic) bond motifs is 1. The average Bonchev–Trinajstić information content (AvgIpc) is 3.15. The van der Waals surface area contributed by atoms with Crippen molar-refractivity contribution >= 4 is 11.3 Å². The fourth-order valence-corrected chi connectivity index (χ4v) is 5.03. The Labute approximate surface area is 160 Å². The molecule has 0 spiro atoms. The lowest BCUT2D eigenvalue weighted by atomic mass is 10.00. The molecule has 0 amide bonds. The van der Waals surface area contributed by atoms with E-state index in [9.17, 15) is 0 Å². The molecule has 5 heteroatoms. The Morgan fingerprint density at radius 3 is 2.81 bits per heavy atom. The van der Waals surface area contributed by atoms with Crippen molar-refractivity contribution in [3.05, 3.63) is 51.2 Å². The number of nitrogens with zero attached hydrogens (tertiary/aromatic N) is 2. The van der Waals surface area contributed by atoms with Crippen LogP contribution in [0.15, 0.2) is 29.6 Å². The maximum absolute atomic E-state index is 5.62. The Bertz CT molecular complexity index is 739. The van der Waals surface area contributed by atoms with Crippen LogP contribution >= 0.6 is 11.3 Å². The minimum atomic E-state index is 0.495. The molecule has 2 aliphatic heterocycles. The van der Waals surface area contributed by atoms with Gasteiger partial charge in [-0.05, 0) is 48.1 Å². The van der Waals surface area contributed by atoms with E-state index < -0.39 is 0 Å². The number of rotatable bonds is 5. The van der Waals surface area contributed by atoms with Crippen LogP contribution in [0.2, 0.25) is 0 Å². The van der Waals surface area contributed by atoms with Gasteiger partial charge in [0.15, 0.2) is 0 Å². The normalized spacial score (nSPS) is 21.5. The highest BCUT2D eigenvalue weighted by Crippen LogP contribution is 2.34. The third kappa shape index (κ3) is 3.81. The predicted octanol–water partition coefficient (Wildman–Crippen LogP) is 3.71. The van der Waals surface area contributed by atoms with Crippen LogP contribution in [-0.4, -0.2) is 49.8 Å². The summed E-state index contributed by atoms with van der Waals surface area (Å²) in [7, 11) is 1.77. The number of methoxy groups -OCH3 is 1. The van der Waals surface area contributed by atoms with Gasteiger partial charge in [0.25, 0.3) is 0 Å². The van der Waals surface area contributed by atoms with E-state index in [1.54, 1.807) is 12.0 Å². The third-order valence-electron chi connectivity index (χ3n) is 5.63. The molecule has 4 rings (SSSR count). The van der Waals surface area contributed by atoms with Crippen LogP contribution in [0.3, 0.4) is 0 Å². The smallest absolute Gasteiger partial charge is 0.123 e. The molecule has 1 atom stereocenters. The molecular formula is C21H28N2O2S. The van der Waals surface area contributed by atoms with E-state index in [0.29, 0.717) is 6.04 Å². The van der Waals surface area contributed by atoms with Crippen molar-refractivity contribution in [1.29, 1.82) is 0 Å². The Morgan fingerprint density at radius 1 is 1.15 bits per heavy atom. The summed E-state index contributed by atoms with van der Waals surface area (Å²) in [6, 6.07) is 9.49. The third-order valence-corrected chi connectivity index (χ3v) is 6.63. The van der Waals surface area contributed by atoms with Gasteiger partial charge in [0.05, 0.1) is 20.3 Å². The van der Waals surface area contributed by atoms with Crippen LogP contribution in [0.1, 0.15) is 34.5 Å². The van der Waals surface area contributed by atoms with Gasteiger partial charge in [0.1, 0.15) is 5.75 Å². The number of thiophene rings is 1. The van der Waals surface area contributed by atoms with Crippen molar-refractivity contribution < 1.29 is 9.47 Å². The van der Waals surface area contributed by atoms with E-state index in [1.807, 2.05) is 11.3 Å². The first-order valence-electron chi connectivity index (χ1n) is 9.51. The molecule has 0 bridgehead atoms. The largest absolute Gasteiger partial charge is 0.496 e. The summed E-state index contributed by atoms with van der Waals surface area (Å²) in [6.07, 6.45) is 1.17.